The Balaban J connectivity index is 2.29. The first-order chi connectivity index (χ1) is 9.02. The SMILES string of the molecule is CCc1c(O)n(CC2CCCN(C)C2)c(=O)[nH]c1=O. The predicted molar refractivity (Wildman–Crippen MR) is 72.6 cm³/mol. The molecular formula is C13H21N3O3. The number of likely N-dealkylation sites (tertiary alicyclic amines) is 1. The summed E-state index contributed by atoms with van der Waals surface area (Å²) in [5, 5.41) is 10.1. The van der Waals surface area contributed by atoms with Gasteiger partial charge in [-0.2, -0.15) is 0 Å². The first-order valence-electron chi connectivity index (χ1n) is 6.76. The molecule has 0 spiro atoms. The maximum atomic E-state index is 11.8. The molecule has 1 fully saturated rings. The van der Waals surface area contributed by atoms with Gasteiger partial charge in [0.15, 0.2) is 0 Å². The molecule has 1 unspecified atom stereocenters. The molecule has 0 radical (unpaired) electrons. The highest BCUT2D eigenvalue weighted by atomic mass is 16.3. The Bertz CT molecular complexity index is 561. The van der Waals surface area contributed by atoms with E-state index in [4.69, 9.17) is 0 Å². The van der Waals surface area contributed by atoms with Gasteiger partial charge in [0.05, 0.1) is 5.56 Å². The van der Waals surface area contributed by atoms with Crippen LogP contribution in [0, 0.1) is 5.92 Å². The number of nitrogens with one attached hydrogen (secondary N) is 1. The number of nitrogens with zero attached hydrogens (tertiary/aromatic N) is 2. The van der Waals surface area contributed by atoms with Crippen molar-refractivity contribution in [1.82, 2.24) is 14.5 Å². The monoisotopic (exact) mass is 267 g/mol. The average Bonchev–Trinajstić information content (AvgIpc) is 2.35. The summed E-state index contributed by atoms with van der Waals surface area (Å²) in [6.45, 7) is 4.22. The Kier molecular flexibility index (Phi) is 4.09. The van der Waals surface area contributed by atoms with E-state index in [0.717, 1.165) is 25.9 Å². The van der Waals surface area contributed by atoms with E-state index in [9.17, 15) is 14.7 Å². The van der Waals surface area contributed by atoms with Crippen molar-refractivity contribution in [3.05, 3.63) is 26.4 Å². The van der Waals surface area contributed by atoms with Crippen molar-refractivity contribution in [3.8, 4) is 5.88 Å². The third-order valence-corrected chi connectivity index (χ3v) is 3.78. The van der Waals surface area contributed by atoms with Crippen molar-refractivity contribution >= 4 is 0 Å². The molecule has 0 amide bonds. The molecule has 2 heterocycles. The van der Waals surface area contributed by atoms with Gasteiger partial charge in [-0.15, -0.1) is 0 Å². The van der Waals surface area contributed by atoms with Crippen molar-refractivity contribution in [2.45, 2.75) is 32.7 Å². The van der Waals surface area contributed by atoms with Crippen LogP contribution in [-0.2, 0) is 13.0 Å². The minimum atomic E-state index is -0.520. The molecule has 6 nitrogen and oxygen atoms in total. The van der Waals surface area contributed by atoms with Gasteiger partial charge in [0.1, 0.15) is 0 Å². The minimum Gasteiger partial charge on any atom is -0.494 e. The molecule has 1 aliphatic heterocycles. The standard InChI is InChI=1S/C13H21N3O3/c1-3-10-11(17)14-13(19)16(12(10)18)8-9-5-4-6-15(2)7-9/h9,18H,3-8H2,1-2H3,(H,14,17,19). The highest BCUT2D eigenvalue weighted by Gasteiger charge is 2.20. The Hall–Kier alpha value is -1.56. The fourth-order valence-electron chi connectivity index (χ4n) is 2.77. The molecule has 106 valence electrons. The molecule has 0 aromatic carbocycles. The van der Waals surface area contributed by atoms with E-state index >= 15 is 0 Å². The van der Waals surface area contributed by atoms with E-state index in [1.54, 1.807) is 6.92 Å². The number of rotatable bonds is 3. The van der Waals surface area contributed by atoms with E-state index < -0.39 is 11.2 Å². The molecule has 0 aliphatic carbocycles. The van der Waals surface area contributed by atoms with Crippen LogP contribution in [0.25, 0.3) is 0 Å². The van der Waals surface area contributed by atoms with Crippen LogP contribution in [0.2, 0.25) is 0 Å². The largest absolute Gasteiger partial charge is 0.494 e. The smallest absolute Gasteiger partial charge is 0.331 e. The molecule has 0 saturated carbocycles. The van der Waals surface area contributed by atoms with Crippen LogP contribution >= 0.6 is 0 Å². The van der Waals surface area contributed by atoms with Gasteiger partial charge in [0.25, 0.3) is 5.56 Å². The number of aromatic nitrogens is 2. The van der Waals surface area contributed by atoms with E-state index in [1.807, 2.05) is 0 Å². The summed E-state index contributed by atoms with van der Waals surface area (Å²) >= 11 is 0. The number of H-pyrrole nitrogens is 1. The lowest BCUT2D eigenvalue weighted by Crippen LogP contribution is -2.38. The Morgan fingerprint density at radius 1 is 1.42 bits per heavy atom. The second-order valence-electron chi connectivity index (χ2n) is 5.30. The zero-order valence-corrected chi connectivity index (χ0v) is 11.5. The fraction of sp³-hybridized carbons (Fsp3) is 0.692. The molecule has 0 bridgehead atoms. The van der Waals surface area contributed by atoms with Crippen molar-refractivity contribution in [2.24, 2.45) is 5.92 Å². The lowest BCUT2D eigenvalue weighted by atomic mass is 9.98. The summed E-state index contributed by atoms with van der Waals surface area (Å²) in [6, 6.07) is 0. The number of hydrogen-bond donors (Lipinski definition) is 2. The van der Waals surface area contributed by atoms with Crippen LogP contribution in [0.5, 0.6) is 5.88 Å². The maximum Gasteiger partial charge on any atom is 0.331 e. The van der Waals surface area contributed by atoms with Crippen molar-refractivity contribution < 1.29 is 5.11 Å². The molecule has 2 N–H and O–H groups in total. The Morgan fingerprint density at radius 2 is 2.16 bits per heavy atom. The van der Waals surface area contributed by atoms with E-state index in [-0.39, 0.29) is 11.4 Å². The van der Waals surface area contributed by atoms with Crippen LogP contribution in [0.3, 0.4) is 0 Å². The summed E-state index contributed by atoms with van der Waals surface area (Å²) in [7, 11) is 2.05. The van der Waals surface area contributed by atoms with Gasteiger partial charge in [0, 0.05) is 13.1 Å². The zero-order chi connectivity index (χ0) is 14.0. The van der Waals surface area contributed by atoms with Gasteiger partial charge < -0.3 is 10.0 Å². The first kappa shape index (κ1) is 13.9. The minimum absolute atomic E-state index is 0.176. The lowest BCUT2D eigenvalue weighted by molar-refractivity contribution is 0.188. The van der Waals surface area contributed by atoms with Crippen molar-refractivity contribution in [1.29, 1.82) is 0 Å². The van der Waals surface area contributed by atoms with Gasteiger partial charge in [-0.25, -0.2) is 4.79 Å². The third kappa shape index (κ3) is 2.89. The van der Waals surface area contributed by atoms with Gasteiger partial charge in [-0.3, -0.25) is 14.3 Å². The summed E-state index contributed by atoms with van der Waals surface area (Å²) < 4.78 is 1.30. The molecule has 1 aromatic rings. The van der Waals surface area contributed by atoms with Crippen LogP contribution in [0.4, 0.5) is 0 Å². The summed E-state index contributed by atoms with van der Waals surface area (Å²) in [5.41, 5.74) is -0.723. The second kappa shape index (κ2) is 5.61. The van der Waals surface area contributed by atoms with Crippen molar-refractivity contribution in [2.75, 3.05) is 20.1 Å². The van der Waals surface area contributed by atoms with Gasteiger partial charge in [0.2, 0.25) is 5.88 Å². The van der Waals surface area contributed by atoms with E-state index in [2.05, 4.69) is 16.9 Å². The second-order valence-corrected chi connectivity index (χ2v) is 5.30. The van der Waals surface area contributed by atoms with Crippen LogP contribution in [0.15, 0.2) is 9.59 Å². The Labute approximate surface area is 111 Å². The molecule has 1 aromatic heterocycles. The summed E-state index contributed by atoms with van der Waals surface area (Å²) in [6.07, 6.45) is 2.55. The van der Waals surface area contributed by atoms with Gasteiger partial charge >= 0.3 is 5.69 Å². The molecule has 19 heavy (non-hydrogen) atoms. The van der Waals surface area contributed by atoms with Gasteiger partial charge in [-0.1, -0.05) is 6.92 Å². The third-order valence-electron chi connectivity index (χ3n) is 3.78. The highest BCUT2D eigenvalue weighted by Crippen LogP contribution is 2.19. The topological polar surface area (TPSA) is 78.3 Å². The van der Waals surface area contributed by atoms with E-state index in [0.29, 0.717) is 18.9 Å². The van der Waals surface area contributed by atoms with Crippen LogP contribution in [0.1, 0.15) is 25.3 Å². The highest BCUT2D eigenvalue weighted by molar-refractivity contribution is 5.22. The fourth-order valence-corrected chi connectivity index (χ4v) is 2.77. The van der Waals surface area contributed by atoms with Gasteiger partial charge in [-0.05, 0) is 38.8 Å². The molecule has 1 aliphatic rings. The Morgan fingerprint density at radius 3 is 2.79 bits per heavy atom. The number of aromatic hydroxyl groups is 1. The van der Waals surface area contributed by atoms with Crippen molar-refractivity contribution in [3.63, 3.8) is 0 Å². The summed E-state index contributed by atoms with van der Waals surface area (Å²) in [4.78, 5) is 27.9. The number of hydrogen-bond acceptors (Lipinski definition) is 4. The first-order valence-corrected chi connectivity index (χ1v) is 6.76. The number of aromatic amines is 1. The molecule has 1 atom stereocenters. The maximum absolute atomic E-state index is 11.8. The normalized spacial score (nSPS) is 20.6. The molecule has 2 rings (SSSR count). The summed E-state index contributed by atoms with van der Waals surface area (Å²) in [5.74, 6) is 0.155. The molecule has 1 saturated heterocycles. The number of piperidine rings is 1. The average molecular weight is 267 g/mol. The predicted octanol–water partition coefficient (Wildman–Crippen LogP) is 0.146. The van der Waals surface area contributed by atoms with Crippen LogP contribution in [-0.4, -0.2) is 39.7 Å². The van der Waals surface area contributed by atoms with Crippen LogP contribution < -0.4 is 11.2 Å². The van der Waals surface area contributed by atoms with E-state index in [1.165, 1.54) is 4.57 Å². The quantitative estimate of drug-likeness (QED) is 0.817. The zero-order valence-electron chi connectivity index (χ0n) is 11.5. The molecular weight excluding hydrogens is 246 g/mol. The molecule has 6 heteroatoms. The lowest BCUT2D eigenvalue weighted by Gasteiger charge is -2.30.